The van der Waals surface area contributed by atoms with Crippen molar-refractivity contribution in [3.05, 3.63) is 33.1 Å². The Hall–Kier alpha value is -1.51. The van der Waals surface area contributed by atoms with Crippen molar-refractivity contribution >= 4 is 0 Å². The number of aliphatic hydroxyl groups is 2. The normalized spacial score (nSPS) is 44.1. The molecule has 0 aromatic carbocycles. The number of aliphatic hydroxyl groups excluding tert-OH is 1. The first-order valence-corrected chi connectivity index (χ1v) is 5.79. The van der Waals surface area contributed by atoms with Gasteiger partial charge in [-0.1, -0.05) is 0 Å². The minimum absolute atomic E-state index is 0.0297. The molecule has 0 bridgehead atoms. The maximum absolute atomic E-state index is 14.8. The van der Waals surface area contributed by atoms with Gasteiger partial charge in [-0.05, 0) is 6.92 Å². The number of hydrogen-bond acceptors (Lipinski definition) is 5. The average Bonchev–Trinajstić information content (AvgIpc) is 2.90. The van der Waals surface area contributed by atoms with Crippen LogP contribution >= 0.6 is 0 Å². The van der Waals surface area contributed by atoms with Crippen LogP contribution in [0.5, 0.6) is 0 Å². The highest BCUT2D eigenvalue weighted by molar-refractivity contribution is 5.32. The van der Waals surface area contributed by atoms with Crippen molar-refractivity contribution in [3.8, 4) is 0 Å². The smallest absolute Gasteiger partial charge is 0.330 e. The zero-order valence-corrected chi connectivity index (χ0v) is 10.1. The Labute approximate surface area is 106 Å². The lowest BCUT2D eigenvalue weighted by molar-refractivity contribution is -0.107. The highest BCUT2D eigenvalue weighted by Crippen LogP contribution is 2.68. The number of halogens is 1. The summed E-state index contributed by atoms with van der Waals surface area (Å²) in [5.41, 5.74) is -6.90. The third kappa shape index (κ3) is 1.31. The molecule has 1 aliphatic heterocycles. The van der Waals surface area contributed by atoms with E-state index in [-0.39, 0.29) is 6.42 Å². The Bertz CT molecular complexity index is 653. The molecule has 19 heavy (non-hydrogen) atoms. The summed E-state index contributed by atoms with van der Waals surface area (Å²) in [5.74, 6) is 0. The van der Waals surface area contributed by atoms with E-state index >= 15 is 0 Å². The van der Waals surface area contributed by atoms with Gasteiger partial charge in [-0.3, -0.25) is 14.3 Å². The van der Waals surface area contributed by atoms with Crippen molar-refractivity contribution in [1.29, 1.82) is 0 Å². The molecule has 104 valence electrons. The first-order valence-electron chi connectivity index (χ1n) is 5.79. The maximum Gasteiger partial charge on any atom is 0.330 e. The van der Waals surface area contributed by atoms with E-state index in [2.05, 4.69) is 0 Å². The second-order valence-corrected chi connectivity index (χ2v) is 5.25. The lowest BCUT2D eigenvalue weighted by Crippen LogP contribution is -2.46. The predicted molar refractivity (Wildman–Crippen MR) is 60.3 cm³/mol. The molecule has 0 radical (unpaired) electrons. The summed E-state index contributed by atoms with van der Waals surface area (Å²) < 4.78 is 21.0. The van der Waals surface area contributed by atoms with E-state index in [9.17, 15) is 24.2 Å². The molecular formula is C11H13FN2O5. The van der Waals surface area contributed by atoms with E-state index in [1.165, 1.54) is 0 Å². The van der Waals surface area contributed by atoms with E-state index in [0.717, 1.165) is 23.8 Å². The van der Waals surface area contributed by atoms with Gasteiger partial charge in [0.1, 0.15) is 11.2 Å². The molecule has 3 N–H and O–H groups in total. The van der Waals surface area contributed by atoms with Crippen molar-refractivity contribution in [2.24, 2.45) is 0 Å². The molecule has 1 aliphatic carbocycles. The molecule has 1 aromatic rings. The minimum Gasteiger partial charge on any atom is -0.393 e. The molecule has 0 amide bonds. The van der Waals surface area contributed by atoms with Gasteiger partial charge < -0.3 is 14.9 Å². The standard InChI is InChI=1S/C11H13FN2O5/c1-9(12)7(14-3-2-6(16)13-8(14)17)19-10(5-15)4-11(9,10)18/h2-3,7,15,18H,4-5H2,1H3,(H,13,16,17)/t7-,9+,10-,11+/m1/s1. The number of nitrogens with one attached hydrogen (secondary N) is 1. The molecule has 0 unspecified atom stereocenters. The van der Waals surface area contributed by atoms with Gasteiger partial charge in [0.2, 0.25) is 0 Å². The van der Waals surface area contributed by atoms with Crippen LogP contribution in [-0.2, 0) is 4.74 Å². The molecule has 3 rings (SSSR count). The van der Waals surface area contributed by atoms with Crippen LogP contribution in [0.1, 0.15) is 19.6 Å². The van der Waals surface area contributed by atoms with Crippen LogP contribution in [0.4, 0.5) is 4.39 Å². The molecule has 7 nitrogen and oxygen atoms in total. The molecule has 8 heteroatoms. The van der Waals surface area contributed by atoms with Crippen molar-refractivity contribution in [2.75, 3.05) is 6.61 Å². The Morgan fingerprint density at radius 3 is 2.84 bits per heavy atom. The Kier molecular flexibility index (Phi) is 2.19. The Morgan fingerprint density at radius 2 is 2.32 bits per heavy atom. The zero-order chi connectivity index (χ0) is 14.1. The summed E-state index contributed by atoms with van der Waals surface area (Å²) >= 11 is 0. The van der Waals surface area contributed by atoms with Gasteiger partial charge in [-0.2, -0.15) is 0 Å². The molecule has 4 atom stereocenters. The summed E-state index contributed by atoms with van der Waals surface area (Å²) in [6, 6.07) is 1.06. The van der Waals surface area contributed by atoms with E-state index in [1.54, 1.807) is 0 Å². The number of aromatic amines is 1. The molecule has 2 heterocycles. The van der Waals surface area contributed by atoms with Gasteiger partial charge in [0.05, 0.1) is 6.61 Å². The summed E-state index contributed by atoms with van der Waals surface area (Å²) in [7, 11) is 0. The minimum atomic E-state index is -2.25. The summed E-state index contributed by atoms with van der Waals surface area (Å²) in [4.78, 5) is 24.6. The van der Waals surface area contributed by atoms with Crippen molar-refractivity contribution in [1.82, 2.24) is 9.55 Å². The molecule has 2 fully saturated rings. The first kappa shape index (κ1) is 12.5. The van der Waals surface area contributed by atoms with Crippen LogP contribution < -0.4 is 11.2 Å². The second-order valence-electron chi connectivity index (χ2n) is 5.25. The number of rotatable bonds is 2. The average molecular weight is 272 g/mol. The molecule has 1 saturated heterocycles. The molecule has 1 aromatic heterocycles. The quantitative estimate of drug-likeness (QED) is 0.618. The molecular weight excluding hydrogens is 259 g/mol. The molecule has 0 spiro atoms. The third-order valence-corrected chi connectivity index (χ3v) is 4.14. The van der Waals surface area contributed by atoms with Gasteiger partial charge in [0.25, 0.3) is 5.56 Å². The highest BCUT2D eigenvalue weighted by atomic mass is 19.1. The van der Waals surface area contributed by atoms with Crippen LogP contribution in [-0.4, -0.2) is 43.2 Å². The number of nitrogens with zero attached hydrogens (tertiary/aromatic N) is 1. The third-order valence-electron chi connectivity index (χ3n) is 4.14. The summed E-state index contributed by atoms with van der Waals surface area (Å²) in [5, 5.41) is 19.4. The number of alkyl halides is 1. The summed E-state index contributed by atoms with van der Waals surface area (Å²) in [6.45, 7) is 0.567. The number of H-pyrrole nitrogens is 1. The topological polar surface area (TPSA) is 105 Å². The van der Waals surface area contributed by atoms with E-state index in [1.807, 2.05) is 4.98 Å². The lowest BCUT2D eigenvalue weighted by atomic mass is 9.96. The predicted octanol–water partition coefficient (Wildman–Crippen LogP) is -1.34. The van der Waals surface area contributed by atoms with Gasteiger partial charge >= 0.3 is 5.69 Å². The largest absolute Gasteiger partial charge is 0.393 e. The van der Waals surface area contributed by atoms with Crippen LogP contribution in [0.3, 0.4) is 0 Å². The highest BCUT2D eigenvalue weighted by Gasteiger charge is 2.85. The number of fused-ring (bicyclic) bond motifs is 1. The fourth-order valence-electron chi connectivity index (χ4n) is 2.81. The van der Waals surface area contributed by atoms with Crippen LogP contribution in [0, 0.1) is 0 Å². The van der Waals surface area contributed by atoms with Crippen molar-refractivity contribution in [3.63, 3.8) is 0 Å². The Morgan fingerprint density at radius 1 is 1.63 bits per heavy atom. The monoisotopic (exact) mass is 272 g/mol. The van der Waals surface area contributed by atoms with Crippen LogP contribution in [0.15, 0.2) is 21.9 Å². The first-order chi connectivity index (χ1) is 8.77. The van der Waals surface area contributed by atoms with Gasteiger partial charge in [0, 0.05) is 18.7 Å². The second kappa shape index (κ2) is 3.33. The fourth-order valence-corrected chi connectivity index (χ4v) is 2.81. The molecule has 1 saturated carbocycles. The van der Waals surface area contributed by atoms with Gasteiger partial charge in [0.15, 0.2) is 11.9 Å². The van der Waals surface area contributed by atoms with Crippen molar-refractivity contribution < 1.29 is 19.3 Å². The zero-order valence-electron chi connectivity index (χ0n) is 10.1. The van der Waals surface area contributed by atoms with E-state index in [0.29, 0.717) is 0 Å². The van der Waals surface area contributed by atoms with Crippen LogP contribution in [0.25, 0.3) is 0 Å². The number of hydrogen-bond donors (Lipinski definition) is 3. The lowest BCUT2D eigenvalue weighted by Gasteiger charge is -2.28. The van der Waals surface area contributed by atoms with Gasteiger partial charge in [-0.15, -0.1) is 0 Å². The molecule has 2 aliphatic rings. The van der Waals surface area contributed by atoms with Crippen molar-refractivity contribution in [2.45, 2.75) is 36.4 Å². The van der Waals surface area contributed by atoms with E-state index < -0.39 is 41.0 Å². The Balaban J connectivity index is 2.08. The summed E-state index contributed by atoms with van der Waals surface area (Å²) in [6.07, 6.45) is -0.330. The van der Waals surface area contributed by atoms with Gasteiger partial charge in [-0.25, -0.2) is 9.18 Å². The SMILES string of the molecule is C[C@]1(F)[C@H](n2ccc(=O)[nH]c2=O)O[C@@]2(CO)C[C@@]21O. The maximum atomic E-state index is 14.8. The van der Waals surface area contributed by atoms with Crippen LogP contribution in [0.2, 0.25) is 0 Å². The number of aromatic nitrogens is 2. The fraction of sp³-hybridized carbons (Fsp3) is 0.636. The van der Waals surface area contributed by atoms with E-state index in [4.69, 9.17) is 4.74 Å². The number of ether oxygens (including phenoxy) is 1.